The molecule has 2 aromatic carbocycles. The molecule has 0 saturated heterocycles. The molecule has 0 bridgehead atoms. The standard InChI is InChI=1S/C22H26O2/c1-16-11-17(2)13-19(12-16)15-24-22-9-7-21(8-10-22)20-5-3-18(14-23)4-6-20/h7-14,18,20H,3-6,15H2,1-2H3. The lowest BCUT2D eigenvalue weighted by atomic mass is 9.79. The average Bonchev–Trinajstić information content (AvgIpc) is 2.60. The minimum absolute atomic E-state index is 0.279. The SMILES string of the molecule is Cc1cc(C)cc(COc2ccc(C3CCC(C=O)CC3)cc2)c1. The summed E-state index contributed by atoms with van der Waals surface area (Å²) in [4.78, 5) is 10.9. The van der Waals surface area contributed by atoms with Gasteiger partial charge < -0.3 is 9.53 Å². The van der Waals surface area contributed by atoms with Crippen LogP contribution in [0, 0.1) is 19.8 Å². The molecule has 0 aromatic heterocycles. The highest BCUT2D eigenvalue weighted by Crippen LogP contribution is 2.35. The molecule has 2 heteroatoms. The number of carbonyl (C=O) groups excluding carboxylic acids is 1. The summed E-state index contributed by atoms with van der Waals surface area (Å²) >= 11 is 0. The lowest BCUT2D eigenvalue weighted by Crippen LogP contribution is -2.14. The van der Waals surface area contributed by atoms with Crippen molar-refractivity contribution in [3.8, 4) is 5.75 Å². The number of aldehydes is 1. The Morgan fingerprint density at radius 2 is 1.58 bits per heavy atom. The second kappa shape index (κ2) is 7.65. The Bertz CT molecular complexity index is 659. The maximum Gasteiger partial charge on any atom is 0.123 e. The fraction of sp³-hybridized carbons (Fsp3) is 0.409. The van der Waals surface area contributed by atoms with Crippen LogP contribution < -0.4 is 4.74 Å². The third-order valence-electron chi connectivity index (χ3n) is 5.00. The van der Waals surface area contributed by atoms with E-state index in [2.05, 4.69) is 56.3 Å². The Morgan fingerprint density at radius 3 is 2.17 bits per heavy atom. The van der Waals surface area contributed by atoms with Gasteiger partial charge in [0.15, 0.2) is 0 Å². The minimum atomic E-state index is 0.279. The number of carbonyl (C=O) groups is 1. The van der Waals surface area contributed by atoms with Crippen LogP contribution in [0.1, 0.15) is 53.9 Å². The third kappa shape index (κ3) is 4.25. The number of rotatable bonds is 5. The van der Waals surface area contributed by atoms with E-state index in [1.54, 1.807) is 0 Å². The fourth-order valence-electron chi connectivity index (χ4n) is 3.74. The van der Waals surface area contributed by atoms with Crippen molar-refractivity contribution >= 4 is 6.29 Å². The second-order valence-corrected chi connectivity index (χ2v) is 7.10. The summed E-state index contributed by atoms with van der Waals surface area (Å²) in [7, 11) is 0. The Morgan fingerprint density at radius 1 is 0.958 bits per heavy atom. The predicted molar refractivity (Wildman–Crippen MR) is 97.5 cm³/mol. The first kappa shape index (κ1) is 16.8. The fourth-order valence-corrected chi connectivity index (χ4v) is 3.74. The first-order valence-corrected chi connectivity index (χ1v) is 8.89. The monoisotopic (exact) mass is 322 g/mol. The van der Waals surface area contributed by atoms with Gasteiger partial charge in [0.25, 0.3) is 0 Å². The summed E-state index contributed by atoms with van der Waals surface area (Å²) in [6.45, 7) is 4.83. The van der Waals surface area contributed by atoms with E-state index in [0.29, 0.717) is 12.5 Å². The Balaban J connectivity index is 1.57. The van der Waals surface area contributed by atoms with Crippen LogP contribution in [0.5, 0.6) is 5.75 Å². The minimum Gasteiger partial charge on any atom is -0.489 e. The van der Waals surface area contributed by atoms with Crippen LogP contribution in [0.15, 0.2) is 42.5 Å². The van der Waals surface area contributed by atoms with Gasteiger partial charge in [-0.05, 0) is 68.7 Å². The molecule has 2 aromatic rings. The summed E-state index contributed by atoms with van der Waals surface area (Å²) in [5.74, 6) is 1.79. The highest BCUT2D eigenvalue weighted by molar-refractivity contribution is 5.53. The molecule has 3 rings (SSSR count). The molecule has 0 N–H and O–H groups in total. The van der Waals surface area contributed by atoms with Gasteiger partial charge in [0.05, 0.1) is 0 Å². The zero-order chi connectivity index (χ0) is 16.9. The van der Waals surface area contributed by atoms with E-state index < -0.39 is 0 Å². The van der Waals surface area contributed by atoms with Crippen molar-refractivity contribution in [2.45, 2.75) is 52.1 Å². The van der Waals surface area contributed by atoms with E-state index in [4.69, 9.17) is 4.74 Å². The number of ether oxygens (including phenoxy) is 1. The Kier molecular flexibility index (Phi) is 5.34. The van der Waals surface area contributed by atoms with Crippen LogP contribution in [0.25, 0.3) is 0 Å². The maximum atomic E-state index is 10.9. The quantitative estimate of drug-likeness (QED) is 0.693. The Labute approximate surface area is 144 Å². The number of aryl methyl sites for hydroxylation is 2. The molecular weight excluding hydrogens is 296 g/mol. The van der Waals surface area contributed by atoms with Crippen LogP contribution in [0.2, 0.25) is 0 Å². The van der Waals surface area contributed by atoms with Crippen LogP contribution >= 0.6 is 0 Å². The van der Waals surface area contributed by atoms with E-state index in [0.717, 1.165) is 37.7 Å². The van der Waals surface area contributed by atoms with Gasteiger partial charge in [0.1, 0.15) is 18.6 Å². The van der Waals surface area contributed by atoms with E-state index in [9.17, 15) is 4.79 Å². The topological polar surface area (TPSA) is 26.3 Å². The summed E-state index contributed by atoms with van der Waals surface area (Å²) in [5.41, 5.74) is 5.13. The highest BCUT2D eigenvalue weighted by Gasteiger charge is 2.21. The number of benzene rings is 2. The first-order valence-electron chi connectivity index (χ1n) is 8.89. The molecule has 126 valence electrons. The zero-order valence-electron chi connectivity index (χ0n) is 14.6. The maximum absolute atomic E-state index is 10.9. The van der Waals surface area contributed by atoms with E-state index in [1.165, 1.54) is 22.3 Å². The zero-order valence-corrected chi connectivity index (χ0v) is 14.6. The Hall–Kier alpha value is -2.09. The van der Waals surface area contributed by atoms with Gasteiger partial charge in [-0.15, -0.1) is 0 Å². The molecule has 0 atom stereocenters. The smallest absolute Gasteiger partial charge is 0.123 e. The predicted octanol–water partition coefficient (Wildman–Crippen LogP) is 5.36. The van der Waals surface area contributed by atoms with Crippen molar-refractivity contribution in [2.24, 2.45) is 5.92 Å². The molecule has 1 aliphatic rings. The van der Waals surface area contributed by atoms with Crippen LogP contribution in [0.3, 0.4) is 0 Å². The van der Waals surface area contributed by atoms with Gasteiger partial charge >= 0.3 is 0 Å². The molecule has 0 aliphatic heterocycles. The summed E-state index contributed by atoms with van der Waals surface area (Å²) < 4.78 is 5.93. The van der Waals surface area contributed by atoms with Gasteiger partial charge in [-0.25, -0.2) is 0 Å². The van der Waals surface area contributed by atoms with Crippen molar-refractivity contribution < 1.29 is 9.53 Å². The third-order valence-corrected chi connectivity index (χ3v) is 5.00. The number of hydrogen-bond acceptors (Lipinski definition) is 2. The van der Waals surface area contributed by atoms with Crippen molar-refractivity contribution in [2.75, 3.05) is 0 Å². The van der Waals surface area contributed by atoms with Crippen molar-refractivity contribution in [3.63, 3.8) is 0 Å². The van der Waals surface area contributed by atoms with Gasteiger partial charge in [0.2, 0.25) is 0 Å². The van der Waals surface area contributed by atoms with Gasteiger partial charge in [-0.3, -0.25) is 0 Å². The molecule has 1 saturated carbocycles. The molecule has 24 heavy (non-hydrogen) atoms. The largest absolute Gasteiger partial charge is 0.489 e. The number of hydrogen-bond donors (Lipinski definition) is 0. The van der Waals surface area contributed by atoms with Gasteiger partial charge in [0, 0.05) is 5.92 Å². The molecular formula is C22H26O2. The molecule has 0 unspecified atom stereocenters. The van der Waals surface area contributed by atoms with Crippen LogP contribution in [-0.4, -0.2) is 6.29 Å². The first-order chi connectivity index (χ1) is 11.6. The summed E-state index contributed by atoms with van der Waals surface area (Å²) in [6, 6.07) is 15.0. The molecule has 0 heterocycles. The molecule has 2 nitrogen and oxygen atoms in total. The van der Waals surface area contributed by atoms with Gasteiger partial charge in [-0.2, -0.15) is 0 Å². The highest BCUT2D eigenvalue weighted by atomic mass is 16.5. The van der Waals surface area contributed by atoms with E-state index in [1.807, 2.05) is 0 Å². The van der Waals surface area contributed by atoms with Crippen LogP contribution in [0.4, 0.5) is 0 Å². The lowest BCUT2D eigenvalue weighted by Gasteiger charge is -2.25. The van der Waals surface area contributed by atoms with E-state index in [-0.39, 0.29) is 5.92 Å². The van der Waals surface area contributed by atoms with E-state index >= 15 is 0 Å². The normalized spacial score (nSPS) is 20.6. The molecule has 0 spiro atoms. The van der Waals surface area contributed by atoms with Crippen molar-refractivity contribution in [1.29, 1.82) is 0 Å². The molecule has 0 amide bonds. The van der Waals surface area contributed by atoms with Crippen LogP contribution in [-0.2, 0) is 11.4 Å². The van der Waals surface area contributed by atoms with Gasteiger partial charge in [-0.1, -0.05) is 41.5 Å². The summed E-state index contributed by atoms with van der Waals surface area (Å²) in [5, 5.41) is 0. The molecule has 1 aliphatic carbocycles. The van der Waals surface area contributed by atoms with Crippen molar-refractivity contribution in [1.82, 2.24) is 0 Å². The summed E-state index contributed by atoms with van der Waals surface area (Å²) in [6.07, 6.45) is 5.41. The second-order valence-electron chi connectivity index (χ2n) is 7.10. The molecule has 1 fully saturated rings. The average molecular weight is 322 g/mol. The molecule has 0 radical (unpaired) electrons. The lowest BCUT2D eigenvalue weighted by molar-refractivity contribution is -0.111. The van der Waals surface area contributed by atoms with Crippen molar-refractivity contribution in [3.05, 3.63) is 64.7 Å².